The number of methoxy groups -OCH3 is 1. The van der Waals surface area contributed by atoms with Gasteiger partial charge in [0.15, 0.2) is 11.0 Å². The molecule has 9 heteroatoms. The van der Waals surface area contributed by atoms with Gasteiger partial charge in [-0.05, 0) is 61.4 Å². The first-order valence-corrected chi connectivity index (χ1v) is 13.2. The van der Waals surface area contributed by atoms with Crippen LogP contribution in [0, 0.1) is 6.92 Å². The fourth-order valence-corrected chi connectivity index (χ4v) is 5.00. The number of nitrogens with one attached hydrogen (secondary N) is 1. The van der Waals surface area contributed by atoms with Gasteiger partial charge in [-0.3, -0.25) is 9.36 Å². The lowest BCUT2D eigenvalue weighted by Crippen LogP contribution is -2.20. The van der Waals surface area contributed by atoms with Crippen molar-refractivity contribution in [3.63, 3.8) is 0 Å². The number of ether oxygens (including phenoxy) is 2. The number of amides is 1. The highest BCUT2D eigenvalue weighted by Gasteiger charge is 2.27. The predicted octanol–water partition coefficient (Wildman–Crippen LogP) is 6.42. The summed E-state index contributed by atoms with van der Waals surface area (Å²) in [6.07, 6.45) is 0. The third-order valence-electron chi connectivity index (χ3n) is 5.66. The molecule has 1 aromatic heterocycles. The van der Waals surface area contributed by atoms with E-state index in [1.54, 1.807) is 7.11 Å². The molecule has 0 saturated carbocycles. The normalized spacial score (nSPS) is 11.8. The second-order valence-electron chi connectivity index (χ2n) is 8.26. The van der Waals surface area contributed by atoms with E-state index in [0.29, 0.717) is 47.2 Å². The number of carbonyl (C=O) groups excluding carboxylic acids is 1. The van der Waals surface area contributed by atoms with Crippen molar-refractivity contribution in [3.05, 3.63) is 88.9 Å². The van der Waals surface area contributed by atoms with Crippen molar-refractivity contribution in [3.8, 4) is 17.1 Å². The second-order valence-corrected chi connectivity index (χ2v) is 9.77. The summed E-state index contributed by atoms with van der Waals surface area (Å²) in [5, 5.41) is 12.7. The Morgan fingerprint density at radius 1 is 1.08 bits per heavy atom. The van der Waals surface area contributed by atoms with Gasteiger partial charge in [-0.25, -0.2) is 0 Å². The van der Waals surface area contributed by atoms with Crippen LogP contribution >= 0.6 is 23.4 Å². The number of benzene rings is 3. The molecular formula is C28H29ClN4O3S. The highest BCUT2D eigenvalue weighted by molar-refractivity contribution is 8.00. The second kappa shape index (κ2) is 12.8. The lowest BCUT2D eigenvalue weighted by Gasteiger charge is -2.19. The Bertz CT molecular complexity index is 1330. The molecule has 0 spiro atoms. The molecule has 1 atom stereocenters. The van der Waals surface area contributed by atoms with Crippen LogP contribution < -0.4 is 10.1 Å². The number of rotatable bonds is 11. The van der Waals surface area contributed by atoms with Crippen molar-refractivity contribution in [2.75, 3.05) is 25.6 Å². The summed E-state index contributed by atoms with van der Waals surface area (Å²) in [6.45, 7) is 5.56. The zero-order valence-electron chi connectivity index (χ0n) is 21.0. The van der Waals surface area contributed by atoms with Gasteiger partial charge in [0.1, 0.15) is 11.0 Å². The van der Waals surface area contributed by atoms with Crippen molar-refractivity contribution >= 4 is 35.0 Å². The minimum atomic E-state index is -0.584. The molecule has 0 aliphatic rings. The van der Waals surface area contributed by atoms with E-state index >= 15 is 0 Å². The van der Waals surface area contributed by atoms with E-state index in [9.17, 15) is 4.79 Å². The third kappa shape index (κ3) is 6.71. The van der Waals surface area contributed by atoms with Crippen LogP contribution in [-0.2, 0) is 16.1 Å². The van der Waals surface area contributed by atoms with Crippen LogP contribution in [0.25, 0.3) is 11.4 Å². The van der Waals surface area contributed by atoms with Crippen LogP contribution in [0.15, 0.2) is 78.0 Å². The van der Waals surface area contributed by atoms with E-state index in [1.807, 2.05) is 91.2 Å². The quantitative estimate of drug-likeness (QED) is 0.176. The maximum atomic E-state index is 13.7. The number of carbonyl (C=O) groups is 1. The van der Waals surface area contributed by atoms with Crippen LogP contribution in [-0.4, -0.2) is 41.0 Å². The van der Waals surface area contributed by atoms with E-state index in [1.165, 1.54) is 11.8 Å². The van der Waals surface area contributed by atoms with E-state index < -0.39 is 5.25 Å². The zero-order chi connectivity index (χ0) is 26.2. The van der Waals surface area contributed by atoms with Crippen molar-refractivity contribution in [2.24, 2.45) is 0 Å². The first kappa shape index (κ1) is 26.7. The summed E-state index contributed by atoms with van der Waals surface area (Å²) in [5.74, 6) is 1.10. The number of aromatic nitrogens is 3. The molecule has 3 aromatic carbocycles. The summed E-state index contributed by atoms with van der Waals surface area (Å²) in [7, 11) is 1.59. The lowest BCUT2D eigenvalue weighted by molar-refractivity contribution is -0.115. The minimum Gasteiger partial charge on any atom is -0.495 e. The molecule has 1 N–H and O–H groups in total. The summed E-state index contributed by atoms with van der Waals surface area (Å²) < 4.78 is 13.1. The first-order valence-electron chi connectivity index (χ1n) is 11.9. The molecular weight excluding hydrogens is 508 g/mol. The van der Waals surface area contributed by atoms with Gasteiger partial charge in [0.05, 0.1) is 25.9 Å². The topological polar surface area (TPSA) is 78.3 Å². The Morgan fingerprint density at radius 3 is 2.54 bits per heavy atom. The fraction of sp³-hybridized carbons (Fsp3) is 0.250. The van der Waals surface area contributed by atoms with Gasteiger partial charge in [0, 0.05) is 17.2 Å². The van der Waals surface area contributed by atoms with E-state index in [4.69, 9.17) is 21.1 Å². The number of thioether (sulfide) groups is 1. The van der Waals surface area contributed by atoms with Gasteiger partial charge in [-0.2, -0.15) is 0 Å². The highest BCUT2D eigenvalue weighted by Crippen LogP contribution is 2.38. The fourth-order valence-electron chi connectivity index (χ4n) is 3.81. The van der Waals surface area contributed by atoms with Crippen LogP contribution in [0.5, 0.6) is 5.75 Å². The number of aryl methyl sites for hydroxylation is 1. The van der Waals surface area contributed by atoms with E-state index in [-0.39, 0.29) is 5.91 Å². The molecule has 1 heterocycles. The Kier molecular flexibility index (Phi) is 9.22. The van der Waals surface area contributed by atoms with Crippen molar-refractivity contribution in [2.45, 2.75) is 30.8 Å². The van der Waals surface area contributed by atoms with Crippen LogP contribution in [0.4, 0.5) is 5.69 Å². The number of hydrogen-bond acceptors (Lipinski definition) is 6. The van der Waals surface area contributed by atoms with E-state index in [0.717, 1.165) is 16.7 Å². The van der Waals surface area contributed by atoms with Gasteiger partial charge in [0.2, 0.25) is 5.91 Å². The van der Waals surface area contributed by atoms with Gasteiger partial charge >= 0.3 is 0 Å². The molecule has 0 radical (unpaired) electrons. The molecule has 4 rings (SSSR count). The summed E-state index contributed by atoms with van der Waals surface area (Å²) >= 11 is 7.44. The molecule has 0 fully saturated rings. The Labute approximate surface area is 226 Å². The molecule has 0 aliphatic carbocycles. The highest BCUT2D eigenvalue weighted by atomic mass is 35.5. The smallest absolute Gasteiger partial charge is 0.242 e. The monoisotopic (exact) mass is 536 g/mol. The van der Waals surface area contributed by atoms with Crippen LogP contribution in [0.3, 0.4) is 0 Å². The van der Waals surface area contributed by atoms with Crippen LogP contribution in [0.2, 0.25) is 5.02 Å². The summed E-state index contributed by atoms with van der Waals surface area (Å²) in [6, 6.07) is 22.8. The molecule has 0 saturated heterocycles. The minimum absolute atomic E-state index is 0.187. The predicted molar refractivity (Wildman–Crippen MR) is 148 cm³/mol. The van der Waals surface area contributed by atoms with Crippen molar-refractivity contribution < 1.29 is 14.3 Å². The lowest BCUT2D eigenvalue weighted by atomic mass is 10.1. The Morgan fingerprint density at radius 2 is 1.84 bits per heavy atom. The standard InChI is InChI=1S/C28H29ClN4O3S/c1-4-36-17-16-33-26(21-11-13-22(29)14-12-21)31-32-28(33)37-25(20-8-6-5-7-9-20)27(34)30-23-18-19(2)10-15-24(23)35-3/h5-15,18,25H,4,16-17H2,1-3H3,(H,30,34). The van der Waals surface area contributed by atoms with Gasteiger partial charge < -0.3 is 14.8 Å². The first-order chi connectivity index (χ1) is 18.0. The van der Waals surface area contributed by atoms with E-state index in [2.05, 4.69) is 15.5 Å². The molecule has 1 unspecified atom stereocenters. The SMILES string of the molecule is CCOCCn1c(SC(C(=O)Nc2cc(C)ccc2OC)c2ccccc2)nnc1-c1ccc(Cl)cc1. The molecule has 7 nitrogen and oxygen atoms in total. The molecule has 1 amide bonds. The summed E-state index contributed by atoms with van der Waals surface area (Å²) in [5.41, 5.74) is 3.37. The molecule has 0 aliphatic heterocycles. The number of anilines is 1. The number of hydrogen-bond donors (Lipinski definition) is 1. The largest absolute Gasteiger partial charge is 0.495 e. The molecule has 37 heavy (non-hydrogen) atoms. The average Bonchev–Trinajstić information content (AvgIpc) is 3.30. The zero-order valence-corrected chi connectivity index (χ0v) is 22.6. The molecule has 0 bridgehead atoms. The average molecular weight is 537 g/mol. The summed E-state index contributed by atoms with van der Waals surface area (Å²) in [4.78, 5) is 13.7. The molecule has 192 valence electrons. The van der Waals surface area contributed by atoms with Gasteiger partial charge in [0.25, 0.3) is 0 Å². The molecule has 4 aromatic rings. The maximum absolute atomic E-state index is 13.7. The third-order valence-corrected chi connectivity index (χ3v) is 7.15. The maximum Gasteiger partial charge on any atom is 0.242 e. The Hall–Kier alpha value is -3.33. The van der Waals surface area contributed by atoms with Crippen molar-refractivity contribution in [1.29, 1.82) is 0 Å². The number of halogens is 1. The van der Waals surface area contributed by atoms with Gasteiger partial charge in [-0.15, -0.1) is 10.2 Å². The van der Waals surface area contributed by atoms with Crippen LogP contribution in [0.1, 0.15) is 23.3 Å². The van der Waals surface area contributed by atoms with Gasteiger partial charge in [-0.1, -0.05) is 59.8 Å². The Balaban J connectivity index is 1.69. The number of nitrogens with zero attached hydrogens (tertiary/aromatic N) is 3. The van der Waals surface area contributed by atoms with Crippen molar-refractivity contribution in [1.82, 2.24) is 14.8 Å².